The van der Waals surface area contributed by atoms with E-state index in [2.05, 4.69) is 12.1 Å². The highest BCUT2D eigenvalue weighted by atomic mass is 35.5. The number of hydrogen-bond acceptors (Lipinski definition) is 0. The van der Waals surface area contributed by atoms with Crippen molar-refractivity contribution in [1.29, 1.82) is 0 Å². The molecule has 1 aliphatic carbocycles. The zero-order chi connectivity index (χ0) is 12.6. The number of rotatable bonds is 2. The van der Waals surface area contributed by atoms with Gasteiger partial charge in [-0.15, -0.1) is 23.2 Å². The molecule has 0 aromatic heterocycles. The van der Waals surface area contributed by atoms with E-state index in [9.17, 15) is 0 Å². The molecular weight excluding hydrogens is 263 g/mol. The summed E-state index contributed by atoms with van der Waals surface area (Å²) in [6, 6.07) is 18.1. The third kappa shape index (κ3) is 1.96. The molecule has 18 heavy (non-hydrogen) atoms. The Kier molecular flexibility index (Phi) is 2.93. The minimum atomic E-state index is -0.646. The van der Waals surface area contributed by atoms with Gasteiger partial charge in [-0.2, -0.15) is 0 Å². The van der Waals surface area contributed by atoms with Crippen LogP contribution in [0.2, 0.25) is 0 Å². The maximum Gasteiger partial charge on any atom is 0.103 e. The predicted octanol–water partition coefficient (Wildman–Crippen LogP) is 3.22. The molecule has 2 aromatic rings. The first-order valence-electron chi connectivity index (χ1n) is 5.88. The summed E-state index contributed by atoms with van der Waals surface area (Å²) in [5, 5.41) is 2.02. The summed E-state index contributed by atoms with van der Waals surface area (Å²) in [6.07, 6.45) is 4.07. The highest BCUT2D eigenvalue weighted by Gasteiger charge is 2.34. The van der Waals surface area contributed by atoms with Crippen LogP contribution in [0.3, 0.4) is 0 Å². The summed E-state index contributed by atoms with van der Waals surface area (Å²) >= 11 is 13.2. The van der Waals surface area contributed by atoms with Gasteiger partial charge in [-0.1, -0.05) is 66.7 Å². The van der Waals surface area contributed by atoms with E-state index in [4.69, 9.17) is 23.2 Å². The highest BCUT2D eigenvalue weighted by molar-refractivity contribution is 6.39. The van der Waals surface area contributed by atoms with Crippen molar-refractivity contribution < 1.29 is 0 Å². The lowest BCUT2D eigenvalue weighted by Crippen LogP contribution is -2.19. The van der Waals surface area contributed by atoms with Crippen LogP contribution in [0.15, 0.2) is 54.6 Å². The molecule has 0 nitrogen and oxygen atoms in total. The number of fused-ring (bicyclic) bond motifs is 1. The van der Waals surface area contributed by atoms with E-state index in [0.717, 1.165) is 16.0 Å². The first kappa shape index (κ1) is 11.8. The van der Waals surface area contributed by atoms with Crippen molar-refractivity contribution in [2.24, 2.45) is 0 Å². The Morgan fingerprint density at radius 3 is 1.83 bits per heavy atom. The van der Waals surface area contributed by atoms with E-state index in [1.54, 1.807) is 0 Å². The number of alkyl halides is 2. The van der Waals surface area contributed by atoms with Gasteiger partial charge in [0.15, 0.2) is 0 Å². The fraction of sp³-hybridized carbons (Fsp3) is 0.125. The van der Waals surface area contributed by atoms with Crippen molar-refractivity contribution in [3.8, 4) is 0 Å². The molecule has 0 bridgehead atoms. The molecule has 0 saturated heterocycles. The molecule has 2 aromatic carbocycles. The second-order valence-corrected chi connectivity index (χ2v) is 5.61. The molecule has 1 atom stereocenters. The first-order chi connectivity index (χ1) is 8.69. The van der Waals surface area contributed by atoms with E-state index in [0.29, 0.717) is 0 Å². The maximum atomic E-state index is 6.68. The van der Waals surface area contributed by atoms with Crippen LogP contribution < -0.4 is 10.4 Å². The molecule has 0 fully saturated rings. The SMILES string of the molecule is Cl[C@@H](c1ccccc1)C1(Cl)C=c2ccccc2=C1. The van der Waals surface area contributed by atoms with E-state index < -0.39 is 4.87 Å². The number of benzene rings is 2. The lowest BCUT2D eigenvalue weighted by atomic mass is 9.99. The molecule has 0 N–H and O–H groups in total. The zero-order valence-electron chi connectivity index (χ0n) is 9.68. The Labute approximate surface area is 116 Å². The second-order valence-electron chi connectivity index (χ2n) is 4.52. The molecule has 0 unspecified atom stereocenters. The molecule has 1 aliphatic rings. The standard InChI is InChI=1S/C16H12Cl2/c17-15(12-6-2-1-3-7-12)16(18)10-13-8-4-5-9-14(13)11-16/h1-11,15H/t15-/m0/s1. The van der Waals surface area contributed by atoms with Crippen molar-refractivity contribution in [2.75, 3.05) is 0 Å². The Morgan fingerprint density at radius 2 is 1.28 bits per heavy atom. The summed E-state index contributed by atoms with van der Waals surface area (Å²) < 4.78 is 0. The molecule has 0 heterocycles. The van der Waals surface area contributed by atoms with Gasteiger partial charge in [0.1, 0.15) is 4.87 Å². The number of halogens is 2. The Hall–Kier alpha value is -1.24. The van der Waals surface area contributed by atoms with Crippen LogP contribution in [-0.4, -0.2) is 4.87 Å². The lowest BCUT2D eigenvalue weighted by molar-refractivity contribution is 0.894. The molecule has 3 rings (SSSR count). The summed E-state index contributed by atoms with van der Waals surface area (Å²) in [7, 11) is 0. The van der Waals surface area contributed by atoms with Crippen LogP contribution in [0.5, 0.6) is 0 Å². The predicted molar refractivity (Wildman–Crippen MR) is 78.2 cm³/mol. The third-order valence-electron chi connectivity index (χ3n) is 3.23. The lowest BCUT2D eigenvalue weighted by Gasteiger charge is -2.23. The molecule has 90 valence electrons. The molecule has 0 radical (unpaired) electrons. The molecule has 0 aliphatic heterocycles. The van der Waals surface area contributed by atoms with E-state index in [1.807, 2.05) is 54.6 Å². The third-order valence-corrected chi connectivity index (χ3v) is 4.39. The van der Waals surface area contributed by atoms with Gasteiger partial charge in [-0.25, -0.2) is 0 Å². The van der Waals surface area contributed by atoms with Gasteiger partial charge in [0.25, 0.3) is 0 Å². The summed E-state index contributed by atoms with van der Waals surface area (Å²) in [6.45, 7) is 0. The van der Waals surface area contributed by atoms with Gasteiger partial charge < -0.3 is 0 Å². The topological polar surface area (TPSA) is 0 Å². The van der Waals surface area contributed by atoms with Crippen molar-refractivity contribution >= 4 is 35.4 Å². The van der Waals surface area contributed by atoms with Crippen molar-refractivity contribution in [3.05, 3.63) is 70.6 Å². The van der Waals surface area contributed by atoms with Crippen LogP contribution >= 0.6 is 23.2 Å². The fourth-order valence-electron chi connectivity index (χ4n) is 2.32. The Balaban J connectivity index is 2.06. The van der Waals surface area contributed by atoms with E-state index in [-0.39, 0.29) is 5.38 Å². The molecule has 0 saturated carbocycles. The van der Waals surface area contributed by atoms with E-state index in [1.165, 1.54) is 0 Å². The second kappa shape index (κ2) is 4.46. The normalized spacial score (nSPS) is 17.4. The van der Waals surface area contributed by atoms with E-state index >= 15 is 0 Å². The quantitative estimate of drug-likeness (QED) is 0.738. The van der Waals surface area contributed by atoms with Crippen molar-refractivity contribution in [3.63, 3.8) is 0 Å². The van der Waals surface area contributed by atoms with Crippen LogP contribution in [0.4, 0.5) is 0 Å². The first-order valence-corrected chi connectivity index (χ1v) is 6.69. The average molecular weight is 275 g/mol. The van der Waals surface area contributed by atoms with Gasteiger partial charge in [-0.3, -0.25) is 0 Å². The van der Waals surface area contributed by atoms with Crippen LogP contribution in [0.25, 0.3) is 12.2 Å². The Bertz CT molecular complexity index is 639. The van der Waals surface area contributed by atoms with Gasteiger partial charge in [0, 0.05) is 0 Å². The number of hydrogen-bond donors (Lipinski definition) is 0. The summed E-state index contributed by atoms with van der Waals surface area (Å²) in [5.41, 5.74) is 1.04. The highest BCUT2D eigenvalue weighted by Crippen LogP contribution is 2.41. The van der Waals surface area contributed by atoms with Crippen LogP contribution in [0.1, 0.15) is 10.9 Å². The van der Waals surface area contributed by atoms with Gasteiger partial charge in [-0.05, 0) is 16.0 Å². The maximum absolute atomic E-state index is 6.68. The molecule has 2 heteroatoms. The van der Waals surface area contributed by atoms with Gasteiger partial charge in [0.2, 0.25) is 0 Å². The van der Waals surface area contributed by atoms with Crippen LogP contribution in [-0.2, 0) is 0 Å². The average Bonchev–Trinajstić information content (AvgIpc) is 2.76. The van der Waals surface area contributed by atoms with Crippen LogP contribution in [0, 0.1) is 0 Å². The smallest absolute Gasteiger partial charge is 0.103 e. The van der Waals surface area contributed by atoms with Gasteiger partial charge >= 0.3 is 0 Å². The minimum absolute atomic E-state index is 0.271. The summed E-state index contributed by atoms with van der Waals surface area (Å²) in [4.78, 5) is -0.646. The molecular formula is C16H12Cl2. The largest absolute Gasteiger partial charge is 0.115 e. The fourth-order valence-corrected chi connectivity index (χ4v) is 2.95. The zero-order valence-corrected chi connectivity index (χ0v) is 11.2. The summed E-state index contributed by atoms with van der Waals surface area (Å²) in [5.74, 6) is 0. The molecule has 0 spiro atoms. The Morgan fingerprint density at radius 1 is 0.778 bits per heavy atom. The van der Waals surface area contributed by atoms with Crippen molar-refractivity contribution in [1.82, 2.24) is 0 Å². The van der Waals surface area contributed by atoms with Gasteiger partial charge in [0.05, 0.1) is 5.38 Å². The monoisotopic (exact) mass is 274 g/mol. The van der Waals surface area contributed by atoms with Crippen molar-refractivity contribution in [2.45, 2.75) is 10.3 Å². The minimum Gasteiger partial charge on any atom is -0.115 e. The molecule has 0 amide bonds.